The van der Waals surface area contributed by atoms with Crippen LogP contribution in [0.15, 0.2) is 67.0 Å². The van der Waals surface area contributed by atoms with E-state index in [2.05, 4.69) is 15.3 Å². The van der Waals surface area contributed by atoms with Gasteiger partial charge < -0.3 is 10.1 Å². The number of carbonyl (C=O) groups excluding carboxylic acids is 1. The van der Waals surface area contributed by atoms with Crippen molar-refractivity contribution in [3.63, 3.8) is 0 Å². The van der Waals surface area contributed by atoms with Crippen LogP contribution >= 0.6 is 0 Å². The number of anilines is 2. The molecule has 0 saturated heterocycles. The Labute approximate surface area is 134 Å². The number of nitrogens with zero attached hydrogens (tertiary/aromatic N) is 2. The normalized spacial score (nSPS) is 10.1. The monoisotopic (exact) mass is 305 g/mol. The summed E-state index contributed by atoms with van der Waals surface area (Å²) in [5, 5.41) is 3.17. The molecule has 0 radical (unpaired) electrons. The molecule has 1 N–H and O–H groups in total. The molecule has 23 heavy (non-hydrogen) atoms. The molecule has 0 spiro atoms. The van der Waals surface area contributed by atoms with E-state index in [0.29, 0.717) is 11.4 Å². The van der Waals surface area contributed by atoms with Crippen LogP contribution in [0, 0.1) is 0 Å². The van der Waals surface area contributed by atoms with E-state index >= 15 is 0 Å². The van der Waals surface area contributed by atoms with Crippen LogP contribution in [0.2, 0.25) is 0 Å². The zero-order valence-electron chi connectivity index (χ0n) is 12.6. The fraction of sp³-hybridized carbons (Fsp3) is 0.0556. The molecular formula is C18H15N3O2. The van der Waals surface area contributed by atoms with Gasteiger partial charge in [-0.15, -0.1) is 0 Å². The van der Waals surface area contributed by atoms with Crippen LogP contribution in [0.3, 0.4) is 0 Å². The number of carbonyl (C=O) groups is 1. The summed E-state index contributed by atoms with van der Waals surface area (Å²) in [6.45, 7) is 0. The molecule has 114 valence electrons. The van der Waals surface area contributed by atoms with Crippen molar-refractivity contribution in [2.45, 2.75) is 0 Å². The van der Waals surface area contributed by atoms with E-state index in [-0.39, 0.29) is 5.97 Å². The highest BCUT2D eigenvalue weighted by molar-refractivity contribution is 5.90. The topological polar surface area (TPSA) is 64.1 Å². The van der Waals surface area contributed by atoms with E-state index in [1.807, 2.05) is 42.5 Å². The fourth-order valence-corrected chi connectivity index (χ4v) is 2.18. The van der Waals surface area contributed by atoms with Crippen molar-refractivity contribution in [1.82, 2.24) is 9.97 Å². The molecule has 0 bridgehead atoms. The highest BCUT2D eigenvalue weighted by Crippen LogP contribution is 2.21. The van der Waals surface area contributed by atoms with Gasteiger partial charge in [-0.2, -0.15) is 0 Å². The van der Waals surface area contributed by atoms with Gasteiger partial charge in [-0.1, -0.05) is 36.4 Å². The van der Waals surface area contributed by atoms with E-state index in [0.717, 1.165) is 16.9 Å². The molecule has 5 nitrogen and oxygen atoms in total. The molecule has 0 aliphatic rings. The second-order valence-electron chi connectivity index (χ2n) is 4.85. The first-order chi connectivity index (χ1) is 11.3. The van der Waals surface area contributed by atoms with Crippen LogP contribution < -0.4 is 5.32 Å². The summed E-state index contributed by atoms with van der Waals surface area (Å²) in [5.41, 5.74) is 3.08. The van der Waals surface area contributed by atoms with Gasteiger partial charge in [0.1, 0.15) is 12.1 Å². The number of esters is 1. The van der Waals surface area contributed by atoms with E-state index < -0.39 is 0 Å². The van der Waals surface area contributed by atoms with Crippen molar-refractivity contribution in [3.8, 4) is 11.3 Å². The summed E-state index contributed by atoms with van der Waals surface area (Å²) in [6.07, 6.45) is 1.51. The van der Waals surface area contributed by atoms with Crippen LogP contribution in [0.25, 0.3) is 11.3 Å². The second kappa shape index (κ2) is 6.70. The summed E-state index contributed by atoms with van der Waals surface area (Å²) in [6, 6.07) is 18.8. The Balaban J connectivity index is 1.85. The number of nitrogens with one attached hydrogen (secondary N) is 1. The smallest absolute Gasteiger partial charge is 0.337 e. The lowest BCUT2D eigenvalue weighted by Crippen LogP contribution is -2.02. The van der Waals surface area contributed by atoms with E-state index in [1.165, 1.54) is 13.4 Å². The van der Waals surface area contributed by atoms with Crippen molar-refractivity contribution in [2.24, 2.45) is 0 Å². The molecular weight excluding hydrogens is 290 g/mol. The average Bonchev–Trinajstić information content (AvgIpc) is 2.62. The van der Waals surface area contributed by atoms with Crippen LogP contribution in [-0.4, -0.2) is 23.0 Å². The van der Waals surface area contributed by atoms with Crippen LogP contribution in [-0.2, 0) is 4.74 Å². The maximum atomic E-state index is 11.6. The number of hydrogen-bond acceptors (Lipinski definition) is 5. The Kier molecular flexibility index (Phi) is 4.29. The van der Waals surface area contributed by atoms with E-state index in [4.69, 9.17) is 4.74 Å². The predicted molar refractivity (Wildman–Crippen MR) is 88.5 cm³/mol. The van der Waals surface area contributed by atoms with Crippen molar-refractivity contribution >= 4 is 17.5 Å². The first kappa shape index (κ1) is 14.7. The molecule has 0 unspecified atom stereocenters. The Hall–Kier alpha value is -3.21. The molecule has 2 aromatic carbocycles. The SMILES string of the molecule is COC(=O)c1cccc(Nc2cc(-c3ccccc3)ncn2)c1. The third-order valence-electron chi connectivity index (χ3n) is 3.29. The minimum Gasteiger partial charge on any atom is -0.465 e. The maximum Gasteiger partial charge on any atom is 0.337 e. The molecule has 1 heterocycles. The van der Waals surface area contributed by atoms with Gasteiger partial charge in [-0.3, -0.25) is 0 Å². The third-order valence-corrected chi connectivity index (χ3v) is 3.29. The van der Waals surface area contributed by atoms with Gasteiger partial charge >= 0.3 is 5.97 Å². The summed E-state index contributed by atoms with van der Waals surface area (Å²) < 4.78 is 4.73. The first-order valence-electron chi connectivity index (χ1n) is 7.09. The molecule has 3 aromatic rings. The minimum absolute atomic E-state index is 0.374. The summed E-state index contributed by atoms with van der Waals surface area (Å²) in [7, 11) is 1.36. The van der Waals surface area contributed by atoms with Crippen LogP contribution in [0.1, 0.15) is 10.4 Å². The van der Waals surface area contributed by atoms with Crippen molar-refractivity contribution < 1.29 is 9.53 Å². The lowest BCUT2D eigenvalue weighted by atomic mass is 10.1. The molecule has 0 aliphatic heterocycles. The Morgan fingerprint density at radius 2 is 1.83 bits per heavy atom. The quantitative estimate of drug-likeness (QED) is 0.745. The van der Waals surface area contributed by atoms with Gasteiger partial charge in [0, 0.05) is 17.3 Å². The average molecular weight is 305 g/mol. The van der Waals surface area contributed by atoms with E-state index in [1.54, 1.807) is 18.2 Å². The van der Waals surface area contributed by atoms with Gasteiger partial charge in [-0.05, 0) is 18.2 Å². The fourth-order valence-electron chi connectivity index (χ4n) is 2.18. The zero-order chi connectivity index (χ0) is 16.1. The Morgan fingerprint density at radius 3 is 2.61 bits per heavy atom. The zero-order valence-corrected chi connectivity index (χ0v) is 12.6. The minimum atomic E-state index is -0.374. The molecule has 0 aliphatic carbocycles. The molecule has 0 amide bonds. The summed E-state index contributed by atoms with van der Waals surface area (Å²) in [4.78, 5) is 20.1. The molecule has 0 fully saturated rings. The highest BCUT2D eigenvalue weighted by Gasteiger charge is 2.07. The van der Waals surface area contributed by atoms with Gasteiger partial charge in [0.15, 0.2) is 0 Å². The maximum absolute atomic E-state index is 11.6. The van der Waals surface area contributed by atoms with Crippen molar-refractivity contribution in [2.75, 3.05) is 12.4 Å². The van der Waals surface area contributed by atoms with Crippen molar-refractivity contribution in [1.29, 1.82) is 0 Å². The lowest BCUT2D eigenvalue weighted by molar-refractivity contribution is 0.0601. The van der Waals surface area contributed by atoms with Gasteiger partial charge in [0.2, 0.25) is 0 Å². The summed E-state index contributed by atoms with van der Waals surface area (Å²) in [5.74, 6) is 0.280. The lowest BCUT2D eigenvalue weighted by Gasteiger charge is -2.08. The number of ether oxygens (including phenoxy) is 1. The summed E-state index contributed by atoms with van der Waals surface area (Å²) >= 11 is 0. The number of methoxy groups -OCH3 is 1. The molecule has 0 atom stereocenters. The third kappa shape index (κ3) is 3.52. The Bertz CT molecular complexity index is 819. The Morgan fingerprint density at radius 1 is 1.00 bits per heavy atom. The van der Waals surface area contributed by atoms with Gasteiger partial charge in [-0.25, -0.2) is 14.8 Å². The second-order valence-corrected chi connectivity index (χ2v) is 4.85. The van der Waals surface area contributed by atoms with Crippen LogP contribution in [0.5, 0.6) is 0 Å². The highest BCUT2D eigenvalue weighted by atomic mass is 16.5. The molecule has 3 rings (SSSR count). The van der Waals surface area contributed by atoms with Crippen LogP contribution in [0.4, 0.5) is 11.5 Å². The number of rotatable bonds is 4. The van der Waals surface area contributed by atoms with Gasteiger partial charge in [0.05, 0.1) is 18.4 Å². The standard InChI is InChI=1S/C18H15N3O2/c1-23-18(22)14-8-5-9-15(10-14)21-17-11-16(19-12-20-17)13-6-3-2-4-7-13/h2-12H,1H3,(H,19,20,21). The number of hydrogen-bond donors (Lipinski definition) is 1. The predicted octanol–water partition coefficient (Wildman–Crippen LogP) is 3.67. The number of benzene rings is 2. The number of aromatic nitrogens is 2. The van der Waals surface area contributed by atoms with E-state index in [9.17, 15) is 4.79 Å². The largest absolute Gasteiger partial charge is 0.465 e. The first-order valence-corrected chi connectivity index (χ1v) is 7.09. The van der Waals surface area contributed by atoms with Gasteiger partial charge in [0.25, 0.3) is 0 Å². The molecule has 0 saturated carbocycles. The molecule has 5 heteroatoms. The van der Waals surface area contributed by atoms with Crippen molar-refractivity contribution in [3.05, 3.63) is 72.6 Å². The molecule has 1 aromatic heterocycles.